The van der Waals surface area contributed by atoms with E-state index in [9.17, 15) is 12.8 Å². The van der Waals surface area contributed by atoms with E-state index in [-0.39, 0.29) is 11.7 Å². The smallest absolute Gasteiger partial charge is 0.301 e. The van der Waals surface area contributed by atoms with E-state index in [1.807, 2.05) is 0 Å². The second-order valence-corrected chi connectivity index (χ2v) is 6.56. The fourth-order valence-corrected chi connectivity index (χ4v) is 3.97. The highest BCUT2D eigenvalue weighted by molar-refractivity contribution is 7.90. The molecule has 112 valence electrons. The number of rotatable bonds is 5. The minimum absolute atomic E-state index is 0.0557. The summed E-state index contributed by atoms with van der Waals surface area (Å²) in [5, 5.41) is 3.02. The average molecular weight is 301 g/mol. The third-order valence-electron chi connectivity index (χ3n) is 3.39. The third kappa shape index (κ3) is 3.68. The molecule has 20 heavy (non-hydrogen) atoms. The Kier molecular flexibility index (Phi) is 4.95. The molecule has 5 nitrogen and oxygen atoms in total. The summed E-state index contributed by atoms with van der Waals surface area (Å²) in [5.41, 5.74) is 0.249. The number of nitrogens with zero attached hydrogens (tertiary/aromatic N) is 1. The van der Waals surface area contributed by atoms with Crippen molar-refractivity contribution in [2.75, 3.05) is 24.9 Å². The number of nitrogens with one attached hydrogen (secondary N) is 2. The number of anilines is 1. The standard InChI is InChI=1S/C13H20FN3O2S/c1-15-10-13-7-2-3-8-17(13)20(18,19)16-12-6-4-5-11(14)9-12/h4-6,9,13,15-16H,2-3,7-8,10H2,1H3. The molecular weight excluding hydrogens is 281 g/mol. The molecule has 1 heterocycles. The molecule has 0 radical (unpaired) electrons. The average Bonchev–Trinajstić information content (AvgIpc) is 2.39. The number of hydrogen-bond donors (Lipinski definition) is 2. The van der Waals surface area contributed by atoms with Crippen molar-refractivity contribution in [2.45, 2.75) is 25.3 Å². The first kappa shape index (κ1) is 15.2. The molecule has 0 saturated carbocycles. The van der Waals surface area contributed by atoms with Gasteiger partial charge in [-0.25, -0.2) is 4.39 Å². The Morgan fingerprint density at radius 1 is 1.40 bits per heavy atom. The summed E-state index contributed by atoms with van der Waals surface area (Å²) in [5.74, 6) is -0.462. The van der Waals surface area contributed by atoms with Gasteiger partial charge in [0, 0.05) is 19.1 Å². The molecule has 7 heteroatoms. The zero-order valence-electron chi connectivity index (χ0n) is 11.5. The van der Waals surface area contributed by atoms with E-state index < -0.39 is 16.0 Å². The Morgan fingerprint density at radius 3 is 2.90 bits per heavy atom. The van der Waals surface area contributed by atoms with Crippen LogP contribution in [0.2, 0.25) is 0 Å². The van der Waals surface area contributed by atoms with Crippen molar-refractivity contribution in [1.29, 1.82) is 0 Å². The molecule has 1 aromatic carbocycles. The Bertz CT molecular complexity index is 548. The van der Waals surface area contributed by atoms with Crippen LogP contribution in [0.15, 0.2) is 24.3 Å². The monoisotopic (exact) mass is 301 g/mol. The second-order valence-electron chi connectivity index (χ2n) is 4.94. The van der Waals surface area contributed by atoms with Crippen LogP contribution in [-0.4, -0.2) is 38.9 Å². The van der Waals surface area contributed by atoms with E-state index in [0.29, 0.717) is 13.1 Å². The summed E-state index contributed by atoms with van der Waals surface area (Å²) >= 11 is 0. The molecule has 0 bridgehead atoms. The lowest BCUT2D eigenvalue weighted by Gasteiger charge is -2.34. The molecular formula is C13H20FN3O2S. The Balaban J connectivity index is 2.15. The van der Waals surface area contributed by atoms with Crippen LogP contribution in [0.5, 0.6) is 0 Å². The van der Waals surface area contributed by atoms with E-state index in [2.05, 4.69) is 10.0 Å². The zero-order valence-corrected chi connectivity index (χ0v) is 12.3. The molecule has 0 spiro atoms. The van der Waals surface area contributed by atoms with Gasteiger partial charge in [0.15, 0.2) is 0 Å². The maximum absolute atomic E-state index is 13.1. The molecule has 0 aromatic heterocycles. The minimum Gasteiger partial charge on any atom is -0.318 e. The fourth-order valence-electron chi connectivity index (χ4n) is 2.49. The highest BCUT2D eigenvalue weighted by atomic mass is 32.2. The first-order valence-electron chi connectivity index (χ1n) is 6.72. The summed E-state index contributed by atoms with van der Waals surface area (Å²) in [7, 11) is -1.84. The van der Waals surface area contributed by atoms with Gasteiger partial charge in [-0.2, -0.15) is 12.7 Å². The van der Waals surface area contributed by atoms with E-state index >= 15 is 0 Å². The number of benzene rings is 1. The maximum Gasteiger partial charge on any atom is 0.301 e. The predicted octanol–water partition coefficient (Wildman–Crippen LogP) is 1.56. The molecule has 2 rings (SSSR count). The predicted molar refractivity (Wildman–Crippen MR) is 77.2 cm³/mol. The van der Waals surface area contributed by atoms with Gasteiger partial charge in [-0.3, -0.25) is 4.72 Å². The lowest BCUT2D eigenvalue weighted by Crippen LogP contribution is -2.49. The largest absolute Gasteiger partial charge is 0.318 e. The Labute approximate surface area is 119 Å². The minimum atomic E-state index is -3.65. The number of hydrogen-bond acceptors (Lipinski definition) is 3. The number of halogens is 1. The van der Waals surface area contributed by atoms with Crippen LogP contribution in [0.25, 0.3) is 0 Å². The molecule has 1 saturated heterocycles. The van der Waals surface area contributed by atoms with Crippen LogP contribution in [0.3, 0.4) is 0 Å². The highest BCUT2D eigenvalue weighted by Gasteiger charge is 2.31. The fraction of sp³-hybridized carbons (Fsp3) is 0.538. The van der Waals surface area contributed by atoms with E-state index in [4.69, 9.17) is 0 Å². The van der Waals surface area contributed by atoms with Crippen LogP contribution in [-0.2, 0) is 10.2 Å². The number of likely N-dealkylation sites (N-methyl/N-ethyl adjacent to an activating group) is 1. The van der Waals surface area contributed by atoms with Gasteiger partial charge in [0.1, 0.15) is 5.82 Å². The molecule has 0 aliphatic carbocycles. The van der Waals surface area contributed by atoms with E-state index in [0.717, 1.165) is 19.3 Å². The topological polar surface area (TPSA) is 61.4 Å². The Morgan fingerprint density at radius 2 is 2.20 bits per heavy atom. The van der Waals surface area contributed by atoms with Crippen LogP contribution >= 0.6 is 0 Å². The molecule has 0 amide bonds. The summed E-state index contributed by atoms with van der Waals surface area (Å²) in [4.78, 5) is 0. The molecule has 1 aliphatic heterocycles. The van der Waals surface area contributed by atoms with Crippen molar-refractivity contribution in [3.63, 3.8) is 0 Å². The van der Waals surface area contributed by atoms with Gasteiger partial charge in [-0.15, -0.1) is 0 Å². The van der Waals surface area contributed by atoms with E-state index in [1.165, 1.54) is 28.6 Å². The van der Waals surface area contributed by atoms with Gasteiger partial charge in [0.25, 0.3) is 0 Å². The molecule has 1 unspecified atom stereocenters. The first-order valence-corrected chi connectivity index (χ1v) is 8.16. The molecule has 1 aliphatic rings. The zero-order chi connectivity index (χ0) is 14.6. The SMILES string of the molecule is CNCC1CCCCN1S(=O)(=O)Nc1cccc(F)c1. The summed E-state index contributed by atoms with van der Waals surface area (Å²) in [6, 6.07) is 5.42. The van der Waals surface area contributed by atoms with Crippen molar-refractivity contribution in [1.82, 2.24) is 9.62 Å². The van der Waals surface area contributed by atoms with Gasteiger partial charge in [0.2, 0.25) is 0 Å². The van der Waals surface area contributed by atoms with Crippen molar-refractivity contribution >= 4 is 15.9 Å². The Hall–Kier alpha value is -1.18. The van der Waals surface area contributed by atoms with Gasteiger partial charge in [0.05, 0.1) is 5.69 Å². The van der Waals surface area contributed by atoms with Gasteiger partial charge < -0.3 is 5.32 Å². The lowest BCUT2D eigenvalue weighted by molar-refractivity contribution is 0.250. The molecule has 1 aromatic rings. The first-order chi connectivity index (χ1) is 9.53. The van der Waals surface area contributed by atoms with Gasteiger partial charge in [-0.05, 0) is 38.1 Å². The maximum atomic E-state index is 13.1. The quantitative estimate of drug-likeness (QED) is 0.867. The summed E-state index contributed by atoms with van der Waals surface area (Å²) in [6.45, 7) is 1.11. The van der Waals surface area contributed by atoms with Crippen LogP contribution < -0.4 is 10.0 Å². The van der Waals surface area contributed by atoms with Crippen molar-refractivity contribution < 1.29 is 12.8 Å². The second kappa shape index (κ2) is 6.51. The molecule has 2 N–H and O–H groups in total. The van der Waals surface area contributed by atoms with Crippen molar-refractivity contribution in [2.24, 2.45) is 0 Å². The van der Waals surface area contributed by atoms with E-state index in [1.54, 1.807) is 7.05 Å². The van der Waals surface area contributed by atoms with Gasteiger partial charge in [-0.1, -0.05) is 12.5 Å². The lowest BCUT2D eigenvalue weighted by atomic mass is 10.1. The highest BCUT2D eigenvalue weighted by Crippen LogP contribution is 2.22. The van der Waals surface area contributed by atoms with Crippen molar-refractivity contribution in [3.05, 3.63) is 30.1 Å². The molecule has 1 atom stereocenters. The van der Waals surface area contributed by atoms with Crippen LogP contribution in [0.4, 0.5) is 10.1 Å². The van der Waals surface area contributed by atoms with Gasteiger partial charge >= 0.3 is 10.2 Å². The number of piperidine rings is 1. The summed E-state index contributed by atoms with van der Waals surface area (Å²) in [6.07, 6.45) is 2.72. The van der Waals surface area contributed by atoms with Crippen LogP contribution in [0, 0.1) is 5.82 Å². The van der Waals surface area contributed by atoms with Crippen LogP contribution in [0.1, 0.15) is 19.3 Å². The normalized spacial score (nSPS) is 20.8. The summed E-state index contributed by atoms with van der Waals surface area (Å²) < 4.78 is 41.9. The third-order valence-corrected chi connectivity index (χ3v) is 4.98. The molecule has 1 fully saturated rings. The van der Waals surface area contributed by atoms with Crippen molar-refractivity contribution in [3.8, 4) is 0 Å².